The molecule has 7 heteroatoms. The standard InChI is InChI=1S/C7H18N2.C2H6O4S/c1-7(9(2)3)5-4-6-8;1-2-6-7(3,4)5/h7H,4-6,8H2,1-3H3;2H2,1H3,(H,3,4,5). The molecule has 16 heavy (non-hydrogen) atoms. The lowest BCUT2D eigenvalue weighted by Crippen LogP contribution is -2.25. The summed E-state index contributed by atoms with van der Waals surface area (Å²) in [6.45, 7) is 4.47. The topological polar surface area (TPSA) is 92.9 Å². The monoisotopic (exact) mass is 256 g/mol. The van der Waals surface area contributed by atoms with Gasteiger partial charge in [0.25, 0.3) is 0 Å². The molecule has 1 unspecified atom stereocenters. The first-order valence-electron chi connectivity index (χ1n) is 5.22. The summed E-state index contributed by atoms with van der Waals surface area (Å²) in [5.41, 5.74) is 5.36. The van der Waals surface area contributed by atoms with Crippen LogP contribution in [0.25, 0.3) is 0 Å². The third-order valence-electron chi connectivity index (χ3n) is 1.97. The van der Waals surface area contributed by atoms with Gasteiger partial charge in [0.1, 0.15) is 0 Å². The van der Waals surface area contributed by atoms with E-state index in [9.17, 15) is 8.42 Å². The Kier molecular flexibility index (Phi) is 11.3. The van der Waals surface area contributed by atoms with Gasteiger partial charge in [-0.3, -0.25) is 4.55 Å². The zero-order valence-electron chi connectivity index (χ0n) is 10.5. The lowest BCUT2D eigenvalue weighted by Gasteiger charge is -2.18. The predicted molar refractivity (Wildman–Crippen MR) is 64.6 cm³/mol. The van der Waals surface area contributed by atoms with Crippen molar-refractivity contribution in [2.45, 2.75) is 32.7 Å². The van der Waals surface area contributed by atoms with E-state index in [1.54, 1.807) is 0 Å². The maximum Gasteiger partial charge on any atom is 0.397 e. The van der Waals surface area contributed by atoms with E-state index in [0.717, 1.165) is 13.0 Å². The minimum Gasteiger partial charge on any atom is -0.330 e. The average Bonchev–Trinajstić information content (AvgIpc) is 2.13. The van der Waals surface area contributed by atoms with Gasteiger partial charge in [-0.15, -0.1) is 0 Å². The van der Waals surface area contributed by atoms with Gasteiger partial charge in [-0.2, -0.15) is 8.42 Å². The molecule has 0 rings (SSSR count). The number of nitrogens with zero attached hydrogens (tertiary/aromatic N) is 1. The molecule has 0 aromatic rings. The highest BCUT2D eigenvalue weighted by molar-refractivity contribution is 7.80. The van der Waals surface area contributed by atoms with Gasteiger partial charge in [0.15, 0.2) is 0 Å². The number of nitrogens with two attached hydrogens (primary N) is 1. The normalized spacial score (nSPS) is 13.2. The number of hydrogen-bond acceptors (Lipinski definition) is 5. The second-order valence-electron chi connectivity index (χ2n) is 3.58. The fourth-order valence-corrected chi connectivity index (χ4v) is 1.12. The molecular weight excluding hydrogens is 232 g/mol. The predicted octanol–water partition coefficient (Wildman–Crippen LogP) is 0.501. The van der Waals surface area contributed by atoms with Gasteiger partial charge >= 0.3 is 10.4 Å². The molecule has 0 amide bonds. The molecule has 6 nitrogen and oxygen atoms in total. The van der Waals surface area contributed by atoms with Gasteiger partial charge < -0.3 is 10.6 Å². The van der Waals surface area contributed by atoms with Crippen LogP contribution < -0.4 is 5.73 Å². The molecule has 0 heterocycles. The first-order valence-corrected chi connectivity index (χ1v) is 6.59. The SMILES string of the molecule is CC(CCCN)N(C)C.CCOS(=O)(=O)O. The Morgan fingerprint density at radius 1 is 1.44 bits per heavy atom. The molecule has 0 aromatic carbocycles. The lowest BCUT2D eigenvalue weighted by molar-refractivity contribution is 0.283. The Bertz CT molecular complexity index is 242. The molecule has 0 aliphatic rings. The Labute approximate surface area is 98.7 Å². The van der Waals surface area contributed by atoms with Crippen molar-refractivity contribution in [2.24, 2.45) is 5.73 Å². The van der Waals surface area contributed by atoms with Crippen LogP contribution in [0.4, 0.5) is 0 Å². The fourth-order valence-electron chi connectivity index (χ4n) is 0.820. The van der Waals surface area contributed by atoms with E-state index < -0.39 is 10.4 Å². The van der Waals surface area contributed by atoms with Gasteiger partial charge in [-0.1, -0.05) is 0 Å². The van der Waals surface area contributed by atoms with Crippen molar-refractivity contribution >= 4 is 10.4 Å². The van der Waals surface area contributed by atoms with Crippen LogP contribution in [-0.2, 0) is 14.6 Å². The zero-order valence-corrected chi connectivity index (χ0v) is 11.3. The molecule has 0 radical (unpaired) electrons. The molecule has 0 aliphatic heterocycles. The van der Waals surface area contributed by atoms with Crippen molar-refractivity contribution in [3.8, 4) is 0 Å². The van der Waals surface area contributed by atoms with Crippen molar-refractivity contribution in [2.75, 3.05) is 27.2 Å². The van der Waals surface area contributed by atoms with Crippen LogP contribution in [-0.4, -0.2) is 51.2 Å². The van der Waals surface area contributed by atoms with E-state index in [1.165, 1.54) is 13.3 Å². The Hall–Kier alpha value is -0.210. The third kappa shape index (κ3) is 16.2. The summed E-state index contributed by atoms with van der Waals surface area (Å²) in [5, 5.41) is 0. The number of hydrogen-bond donors (Lipinski definition) is 2. The molecule has 3 N–H and O–H groups in total. The number of rotatable bonds is 6. The summed E-state index contributed by atoms with van der Waals surface area (Å²) in [6.07, 6.45) is 2.35. The molecule has 0 saturated heterocycles. The first kappa shape index (κ1) is 18.2. The Morgan fingerprint density at radius 3 is 2.12 bits per heavy atom. The summed E-state index contributed by atoms with van der Waals surface area (Å²) >= 11 is 0. The minimum atomic E-state index is -4.17. The first-order chi connectivity index (χ1) is 7.24. The molecule has 0 saturated carbocycles. The van der Waals surface area contributed by atoms with Gasteiger partial charge in [-0.25, -0.2) is 4.18 Å². The van der Waals surface area contributed by atoms with Gasteiger partial charge in [0, 0.05) is 6.04 Å². The highest BCUT2D eigenvalue weighted by Crippen LogP contribution is 1.99. The molecule has 0 fully saturated rings. The summed E-state index contributed by atoms with van der Waals surface area (Å²) in [7, 11) is 0.0226. The molecular formula is C9H24N2O4S. The van der Waals surface area contributed by atoms with Gasteiger partial charge in [0.2, 0.25) is 0 Å². The molecule has 100 valence electrons. The van der Waals surface area contributed by atoms with E-state index in [1.807, 2.05) is 0 Å². The van der Waals surface area contributed by atoms with Crippen molar-refractivity contribution in [1.82, 2.24) is 4.90 Å². The molecule has 0 bridgehead atoms. The second kappa shape index (κ2) is 9.98. The maximum absolute atomic E-state index is 9.56. The maximum atomic E-state index is 9.56. The van der Waals surface area contributed by atoms with Crippen LogP contribution in [0.3, 0.4) is 0 Å². The highest BCUT2D eigenvalue weighted by atomic mass is 32.3. The van der Waals surface area contributed by atoms with Gasteiger partial charge in [-0.05, 0) is 47.3 Å². The quantitative estimate of drug-likeness (QED) is 0.672. The van der Waals surface area contributed by atoms with Gasteiger partial charge in [0.05, 0.1) is 6.61 Å². The smallest absolute Gasteiger partial charge is 0.330 e. The fraction of sp³-hybridized carbons (Fsp3) is 1.00. The Morgan fingerprint density at radius 2 is 1.94 bits per heavy atom. The van der Waals surface area contributed by atoms with Crippen LogP contribution in [0.15, 0.2) is 0 Å². The summed E-state index contributed by atoms with van der Waals surface area (Å²) in [5.74, 6) is 0. The zero-order chi connectivity index (χ0) is 13.2. The van der Waals surface area contributed by atoms with E-state index in [0.29, 0.717) is 6.04 Å². The van der Waals surface area contributed by atoms with Crippen LogP contribution in [0.5, 0.6) is 0 Å². The second-order valence-corrected chi connectivity index (χ2v) is 4.67. The van der Waals surface area contributed by atoms with E-state index in [-0.39, 0.29) is 6.61 Å². The van der Waals surface area contributed by atoms with Crippen LogP contribution in [0.2, 0.25) is 0 Å². The van der Waals surface area contributed by atoms with Crippen LogP contribution >= 0.6 is 0 Å². The average molecular weight is 256 g/mol. The largest absolute Gasteiger partial charge is 0.397 e. The van der Waals surface area contributed by atoms with Crippen LogP contribution in [0, 0.1) is 0 Å². The van der Waals surface area contributed by atoms with Crippen LogP contribution in [0.1, 0.15) is 26.7 Å². The van der Waals surface area contributed by atoms with Crippen molar-refractivity contribution in [3.63, 3.8) is 0 Å². The highest BCUT2D eigenvalue weighted by Gasteiger charge is 2.01. The van der Waals surface area contributed by atoms with Crippen molar-refractivity contribution < 1.29 is 17.2 Å². The third-order valence-corrected chi connectivity index (χ3v) is 2.51. The molecule has 1 atom stereocenters. The summed E-state index contributed by atoms with van der Waals surface area (Å²) in [4.78, 5) is 2.22. The molecule has 0 aromatic heterocycles. The minimum absolute atomic E-state index is 0.0289. The van der Waals surface area contributed by atoms with E-state index in [2.05, 4.69) is 30.1 Å². The summed E-state index contributed by atoms with van der Waals surface area (Å²) in [6, 6.07) is 0.675. The molecule has 0 aliphatic carbocycles. The Balaban J connectivity index is 0. The lowest BCUT2D eigenvalue weighted by atomic mass is 10.2. The molecule has 0 spiro atoms. The van der Waals surface area contributed by atoms with E-state index in [4.69, 9.17) is 10.3 Å². The van der Waals surface area contributed by atoms with E-state index >= 15 is 0 Å². The van der Waals surface area contributed by atoms with Crippen molar-refractivity contribution in [3.05, 3.63) is 0 Å². The summed E-state index contributed by atoms with van der Waals surface area (Å²) < 4.78 is 30.7. The van der Waals surface area contributed by atoms with Crippen molar-refractivity contribution in [1.29, 1.82) is 0 Å².